The summed E-state index contributed by atoms with van der Waals surface area (Å²) in [5, 5.41) is 5.85. The van der Waals surface area contributed by atoms with E-state index in [1.54, 1.807) is 12.1 Å². The predicted octanol–water partition coefficient (Wildman–Crippen LogP) is 6.13. The third-order valence-corrected chi connectivity index (χ3v) is 15.3. The molecule has 9 heteroatoms. The molecule has 0 aliphatic heterocycles. The van der Waals surface area contributed by atoms with Gasteiger partial charge in [-0.2, -0.15) is 0 Å². The van der Waals surface area contributed by atoms with Crippen LogP contribution in [0.1, 0.15) is 71.9 Å². The fraction of sp³-hybridized carbons (Fsp3) is 0.720. The highest BCUT2D eigenvalue weighted by molar-refractivity contribution is 6.73. The number of hydrogen-bond acceptors (Lipinski definition) is 4. The Morgan fingerprint density at radius 2 is 1.53 bits per heavy atom. The first-order valence-electron chi connectivity index (χ1n) is 12.2. The minimum absolute atomic E-state index is 0.0255. The molecule has 0 spiro atoms. The molecule has 0 unspecified atom stereocenters. The first-order chi connectivity index (χ1) is 15.3. The van der Waals surface area contributed by atoms with Crippen molar-refractivity contribution >= 4 is 34.1 Å². The van der Waals surface area contributed by atoms with E-state index < -0.39 is 28.5 Å². The van der Waals surface area contributed by atoms with Crippen molar-refractivity contribution in [3.05, 3.63) is 34.6 Å². The van der Waals surface area contributed by atoms with E-state index in [-0.39, 0.29) is 33.6 Å². The normalized spacial score (nSPS) is 15.2. The van der Waals surface area contributed by atoms with Crippen LogP contribution in [0.15, 0.2) is 18.2 Å². The van der Waals surface area contributed by atoms with E-state index in [0.717, 1.165) is 12.8 Å². The summed E-state index contributed by atoms with van der Waals surface area (Å²) in [5.74, 6) is -0.738. The fourth-order valence-corrected chi connectivity index (χ4v) is 5.10. The molecule has 1 aromatic rings. The second-order valence-corrected chi connectivity index (χ2v) is 21.4. The van der Waals surface area contributed by atoms with Gasteiger partial charge in [-0.05, 0) is 74.9 Å². The number of rotatable bonds is 13. The van der Waals surface area contributed by atoms with Crippen molar-refractivity contribution in [3.63, 3.8) is 0 Å². The van der Waals surface area contributed by atoms with Crippen molar-refractivity contribution in [2.75, 3.05) is 6.54 Å². The van der Waals surface area contributed by atoms with Crippen LogP contribution in [0.5, 0.6) is 0 Å². The minimum Gasteiger partial charge on any atom is -0.432 e. The Labute approximate surface area is 213 Å². The Hall–Kier alpha value is -0.776. The first kappa shape index (κ1) is 31.3. The third-order valence-electron chi connectivity index (χ3n) is 7.88. The van der Waals surface area contributed by atoms with Crippen molar-refractivity contribution in [1.29, 1.82) is 0 Å². The van der Waals surface area contributed by atoms with Gasteiger partial charge in [0.15, 0.2) is 16.6 Å². The third kappa shape index (κ3) is 9.02. The average molecular weight is 533 g/mol. The molecular weight excluding hydrogens is 487 g/mol. The van der Waals surface area contributed by atoms with E-state index >= 15 is 0 Å². The van der Waals surface area contributed by atoms with Crippen LogP contribution in [0.4, 0.5) is 4.39 Å². The van der Waals surface area contributed by atoms with E-state index in [1.165, 1.54) is 6.07 Å². The molecule has 0 aliphatic carbocycles. The molecule has 0 saturated carbocycles. The maximum Gasteiger partial charge on any atom is 0.234 e. The van der Waals surface area contributed by atoms with Crippen molar-refractivity contribution in [2.24, 2.45) is 0 Å². The number of hydrogen-bond donors (Lipinski definition) is 4. The molecule has 0 aliphatic rings. The van der Waals surface area contributed by atoms with Gasteiger partial charge in [0.25, 0.3) is 0 Å². The number of amides is 1. The summed E-state index contributed by atoms with van der Waals surface area (Å²) in [4.78, 5) is 33.9. The molecule has 34 heavy (non-hydrogen) atoms. The molecule has 0 heterocycles. The molecule has 1 rings (SSSR count). The maximum absolute atomic E-state index is 14.8. The quantitative estimate of drug-likeness (QED) is 0.230. The van der Waals surface area contributed by atoms with Crippen molar-refractivity contribution in [2.45, 2.75) is 109 Å². The van der Waals surface area contributed by atoms with E-state index in [4.69, 9.17) is 11.6 Å². The van der Waals surface area contributed by atoms with Gasteiger partial charge in [0, 0.05) is 11.6 Å². The average Bonchev–Trinajstić information content (AvgIpc) is 2.68. The largest absolute Gasteiger partial charge is 0.432 e. The summed E-state index contributed by atoms with van der Waals surface area (Å²) < 4.78 is 14.8. The summed E-state index contributed by atoms with van der Waals surface area (Å²) in [6.07, 6.45) is 2.84. The highest BCUT2D eigenvalue weighted by atomic mass is 35.5. The van der Waals surface area contributed by atoms with Gasteiger partial charge in [-0.3, -0.25) is 4.79 Å². The molecule has 0 aromatic heterocycles. The number of nitrogens with one attached hydrogen (secondary N) is 2. The van der Waals surface area contributed by atoms with Crippen LogP contribution in [0.3, 0.4) is 0 Å². The molecule has 1 aromatic carbocycles. The van der Waals surface area contributed by atoms with Crippen molar-refractivity contribution in [3.8, 4) is 0 Å². The smallest absolute Gasteiger partial charge is 0.234 e. The second-order valence-electron chi connectivity index (χ2n) is 12.0. The zero-order valence-corrected chi connectivity index (χ0v) is 25.2. The topological polar surface area (TPSA) is 81.6 Å². The molecule has 0 bridgehead atoms. The zero-order valence-electron chi connectivity index (χ0n) is 22.5. The SMILES string of the molecule is C[C@H](CCC(C)(C)[Si](C)(C)O)NCC(=O)N[C@@H](CCC(C)(C)[Si](C)(C)O)c1cccc(Cl)c1F. The number of carbonyl (C=O) groups is 1. The van der Waals surface area contributed by atoms with Gasteiger partial charge in [0.05, 0.1) is 17.6 Å². The van der Waals surface area contributed by atoms with Gasteiger partial charge in [-0.15, -0.1) is 0 Å². The van der Waals surface area contributed by atoms with Gasteiger partial charge >= 0.3 is 0 Å². The molecule has 1 amide bonds. The van der Waals surface area contributed by atoms with Crippen LogP contribution in [0.25, 0.3) is 0 Å². The van der Waals surface area contributed by atoms with Gasteiger partial charge in [0.1, 0.15) is 5.82 Å². The molecular formula is C25H46ClFN2O3Si2. The minimum atomic E-state index is -2.45. The van der Waals surface area contributed by atoms with Gasteiger partial charge < -0.3 is 20.2 Å². The first-order valence-corrected chi connectivity index (χ1v) is 18.5. The lowest BCUT2D eigenvalue weighted by Gasteiger charge is -2.36. The molecule has 2 atom stereocenters. The van der Waals surface area contributed by atoms with E-state index in [0.29, 0.717) is 18.4 Å². The van der Waals surface area contributed by atoms with Crippen LogP contribution in [-0.4, -0.2) is 44.7 Å². The highest BCUT2D eigenvalue weighted by Gasteiger charge is 2.39. The predicted molar refractivity (Wildman–Crippen MR) is 146 cm³/mol. The molecule has 0 fully saturated rings. The van der Waals surface area contributed by atoms with Crippen LogP contribution in [0, 0.1) is 5.82 Å². The number of halogens is 2. The lowest BCUT2D eigenvalue weighted by atomic mass is 9.96. The number of carbonyl (C=O) groups excluding carboxylic acids is 1. The Kier molecular flexibility index (Phi) is 11.0. The molecule has 0 saturated heterocycles. The summed E-state index contributed by atoms with van der Waals surface area (Å²) in [6, 6.07) is 4.39. The summed E-state index contributed by atoms with van der Waals surface area (Å²) >= 11 is 6.02. The molecule has 5 nitrogen and oxygen atoms in total. The lowest BCUT2D eigenvalue weighted by Crippen LogP contribution is -2.42. The fourth-order valence-electron chi connectivity index (χ4n) is 3.40. The van der Waals surface area contributed by atoms with Crippen LogP contribution < -0.4 is 10.6 Å². The van der Waals surface area contributed by atoms with Gasteiger partial charge in [0.2, 0.25) is 5.91 Å². The monoisotopic (exact) mass is 532 g/mol. The van der Waals surface area contributed by atoms with Crippen LogP contribution in [0.2, 0.25) is 41.3 Å². The Bertz CT molecular complexity index is 823. The van der Waals surface area contributed by atoms with E-state index in [1.807, 2.05) is 47.0 Å². The van der Waals surface area contributed by atoms with Gasteiger partial charge in [-0.1, -0.05) is 51.4 Å². The summed E-state index contributed by atoms with van der Waals surface area (Å²) in [5.41, 5.74) is 0.360. The van der Waals surface area contributed by atoms with Crippen LogP contribution in [-0.2, 0) is 4.79 Å². The molecule has 4 N–H and O–H groups in total. The van der Waals surface area contributed by atoms with Gasteiger partial charge in [-0.25, -0.2) is 4.39 Å². The summed E-state index contributed by atoms with van der Waals surface area (Å²) in [7, 11) is -4.72. The Morgan fingerprint density at radius 3 is 2.03 bits per heavy atom. The van der Waals surface area contributed by atoms with Crippen molar-refractivity contribution in [1.82, 2.24) is 10.6 Å². The van der Waals surface area contributed by atoms with Crippen LogP contribution >= 0.6 is 11.6 Å². The standard InChI is InChI=1S/C25H46ClFN2O3Si2/c1-18(13-15-24(2,3)33(6,7)31)28-17-22(30)29-21(14-16-25(4,5)34(8,9)32)19-11-10-12-20(26)23(19)27/h10-12,18,21,28,31-32H,13-17H2,1-9H3,(H,29,30)/t18-,21+/m1/s1. The Morgan fingerprint density at radius 1 is 1.03 bits per heavy atom. The second kappa shape index (κ2) is 12.0. The Balaban J connectivity index is 2.83. The zero-order chi connectivity index (χ0) is 26.5. The molecule has 196 valence electrons. The lowest BCUT2D eigenvalue weighted by molar-refractivity contribution is -0.121. The highest BCUT2D eigenvalue weighted by Crippen LogP contribution is 2.42. The number of benzene rings is 1. The van der Waals surface area contributed by atoms with E-state index in [2.05, 4.69) is 24.5 Å². The van der Waals surface area contributed by atoms with Crippen molar-refractivity contribution < 1.29 is 18.8 Å². The summed E-state index contributed by atoms with van der Waals surface area (Å²) in [6.45, 7) is 18.1. The maximum atomic E-state index is 14.8. The molecule has 0 radical (unpaired) electrons. The van der Waals surface area contributed by atoms with E-state index in [9.17, 15) is 18.8 Å².